The maximum absolute atomic E-state index is 12.9. The van der Waals surface area contributed by atoms with E-state index < -0.39 is 11.2 Å². The Morgan fingerprint density at radius 3 is 2.63 bits per heavy atom. The number of aromatic nitrogens is 4. The smallest absolute Gasteiger partial charge is 0.310 e. The number of anilines is 2. The van der Waals surface area contributed by atoms with Gasteiger partial charge in [0.1, 0.15) is 5.78 Å². The summed E-state index contributed by atoms with van der Waals surface area (Å²) in [5, 5.41) is 0. The number of imidazole rings is 1. The summed E-state index contributed by atoms with van der Waals surface area (Å²) in [5.74, 6) is 0.401. The Kier molecular flexibility index (Phi) is 3.80. The first-order valence-corrected chi connectivity index (χ1v) is 8.84. The maximum atomic E-state index is 12.9. The molecule has 0 fully saturated rings. The van der Waals surface area contributed by atoms with E-state index in [1.165, 1.54) is 11.5 Å². The van der Waals surface area contributed by atoms with Crippen molar-refractivity contribution >= 4 is 28.6 Å². The average Bonchev–Trinajstić information content (AvgIpc) is 3.18. The number of hydrogen-bond acceptors (Lipinski definition) is 5. The van der Waals surface area contributed by atoms with Gasteiger partial charge in [-0.15, -0.1) is 0 Å². The average molecular weight is 367 g/mol. The normalized spacial score (nSPS) is 13.4. The van der Waals surface area contributed by atoms with Crippen molar-refractivity contribution in [1.82, 2.24) is 18.7 Å². The third kappa shape index (κ3) is 2.51. The molecule has 0 atom stereocenters. The van der Waals surface area contributed by atoms with Gasteiger partial charge in [0.05, 0.1) is 6.54 Å². The van der Waals surface area contributed by atoms with Crippen molar-refractivity contribution in [1.29, 1.82) is 0 Å². The Hall–Kier alpha value is -3.16. The summed E-state index contributed by atoms with van der Waals surface area (Å²) in [6.45, 7) is 6.48. The van der Waals surface area contributed by atoms with Crippen LogP contribution in [0.4, 0.5) is 11.6 Å². The summed E-state index contributed by atoms with van der Waals surface area (Å²) in [6, 6.07) is 6.21. The van der Waals surface area contributed by atoms with Crippen LogP contribution in [0.2, 0.25) is 0 Å². The van der Waals surface area contributed by atoms with Crippen molar-refractivity contribution in [3.05, 3.63) is 50.2 Å². The van der Waals surface area contributed by atoms with Gasteiger partial charge in [-0.25, -0.2) is 4.79 Å². The van der Waals surface area contributed by atoms with Crippen molar-refractivity contribution in [2.45, 2.75) is 33.9 Å². The van der Waals surface area contributed by atoms with Gasteiger partial charge >= 0.3 is 5.69 Å². The molecule has 1 aromatic carbocycles. The van der Waals surface area contributed by atoms with Gasteiger partial charge in [0, 0.05) is 25.8 Å². The van der Waals surface area contributed by atoms with Crippen LogP contribution in [0.1, 0.15) is 18.1 Å². The molecular formula is C19H21N5O3. The molecule has 140 valence electrons. The minimum atomic E-state index is -0.530. The largest absolute Gasteiger partial charge is 0.332 e. The fraction of sp³-hybridized carbons (Fsp3) is 0.368. The number of carbonyl (C=O) groups excluding carboxylic acids is 1. The first-order chi connectivity index (χ1) is 12.8. The quantitative estimate of drug-likeness (QED) is 0.696. The molecule has 0 bridgehead atoms. The second kappa shape index (κ2) is 5.94. The van der Waals surface area contributed by atoms with Crippen LogP contribution in [0, 0.1) is 13.8 Å². The van der Waals surface area contributed by atoms with E-state index in [0.29, 0.717) is 30.2 Å². The number of fused-ring (bicyclic) bond motifs is 3. The molecule has 3 aromatic rings. The summed E-state index contributed by atoms with van der Waals surface area (Å²) >= 11 is 0. The van der Waals surface area contributed by atoms with Gasteiger partial charge in [-0.3, -0.25) is 18.7 Å². The first kappa shape index (κ1) is 17.3. The number of carbonyl (C=O) groups is 1. The Labute approximate surface area is 155 Å². The number of rotatable bonds is 3. The Morgan fingerprint density at radius 2 is 1.93 bits per heavy atom. The lowest BCUT2D eigenvalue weighted by molar-refractivity contribution is -0.117. The zero-order chi connectivity index (χ0) is 19.5. The van der Waals surface area contributed by atoms with Gasteiger partial charge < -0.3 is 9.47 Å². The van der Waals surface area contributed by atoms with Gasteiger partial charge in [0.15, 0.2) is 11.2 Å². The molecule has 3 heterocycles. The van der Waals surface area contributed by atoms with E-state index in [-0.39, 0.29) is 12.3 Å². The monoisotopic (exact) mass is 367 g/mol. The Bertz CT molecular complexity index is 1210. The molecule has 0 aliphatic carbocycles. The van der Waals surface area contributed by atoms with Crippen molar-refractivity contribution in [2.75, 3.05) is 11.4 Å². The lowest BCUT2D eigenvalue weighted by Gasteiger charge is -2.19. The summed E-state index contributed by atoms with van der Waals surface area (Å²) < 4.78 is 4.17. The Morgan fingerprint density at radius 1 is 1.19 bits per heavy atom. The fourth-order valence-electron chi connectivity index (χ4n) is 3.68. The summed E-state index contributed by atoms with van der Waals surface area (Å²) in [6.07, 6.45) is 0. The zero-order valence-electron chi connectivity index (χ0n) is 15.8. The van der Waals surface area contributed by atoms with Gasteiger partial charge in [-0.1, -0.05) is 12.1 Å². The second-order valence-corrected chi connectivity index (χ2v) is 7.11. The highest BCUT2D eigenvalue weighted by Crippen LogP contribution is 2.33. The van der Waals surface area contributed by atoms with E-state index in [1.807, 2.05) is 18.4 Å². The summed E-state index contributed by atoms with van der Waals surface area (Å²) in [5.41, 5.74) is 3.00. The number of hydrogen-bond donors (Lipinski definition) is 0. The molecule has 0 saturated heterocycles. The summed E-state index contributed by atoms with van der Waals surface area (Å²) in [4.78, 5) is 43.7. The van der Waals surface area contributed by atoms with Gasteiger partial charge in [-0.05, 0) is 38.0 Å². The van der Waals surface area contributed by atoms with E-state index in [1.54, 1.807) is 7.05 Å². The van der Waals surface area contributed by atoms with E-state index >= 15 is 0 Å². The molecule has 0 saturated carbocycles. The lowest BCUT2D eigenvalue weighted by Crippen LogP contribution is -2.41. The molecule has 1 aliphatic rings. The molecule has 0 N–H and O–H groups in total. The van der Waals surface area contributed by atoms with Crippen LogP contribution in [-0.2, 0) is 24.9 Å². The zero-order valence-corrected chi connectivity index (χ0v) is 15.8. The van der Waals surface area contributed by atoms with Gasteiger partial charge in [0.25, 0.3) is 5.56 Å². The van der Waals surface area contributed by atoms with Gasteiger partial charge in [0.2, 0.25) is 5.95 Å². The van der Waals surface area contributed by atoms with Crippen molar-refractivity contribution < 1.29 is 4.79 Å². The minimum Gasteiger partial charge on any atom is -0.310 e. The van der Waals surface area contributed by atoms with E-state index in [4.69, 9.17) is 0 Å². The van der Waals surface area contributed by atoms with E-state index in [0.717, 1.165) is 21.4 Å². The highest BCUT2D eigenvalue weighted by molar-refractivity contribution is 5.79. The molecule has 2 aromatic heterocycles. The van der Waals surface area contributed by atoms with Crippen molar-refractivity contribution in [2.24, 2.45) is 7.05 Å². The predicted molar refractivity (Wildman–Crippen MR) is 103 cm³/mol. The minimum absolute atomic E-state index is 0.233. The third-order valence-electron chi connectivity index (χ3n) is 5.04. The van der Waals surface area contributed by atoms with Crippen molar-refractivity contribution in [3.8, 4) is 0 Å². The van der Waals surface area contributed by atoms with Crippen molar-refractivity contribution in [3.63, 3.8) is 0 Å². The molecule has 4 rings (SSSR count). The molecule has 0 unspecified atom stereocenters. The van der Waals surface area contributed by atoms with Crippen LogP contribution in [0.25, 0.3) is 11.2 Å². The lowest BCUT2D eigenvalue weighted by atomic mass is 10.1. The second-order valence-electron chi connectivity index (χ2n) is 7.11. The van der Waals surface area contributed by atoms with Crippen LogP contribution in [0.3, 0.4) is 0 Å². The summed E-state index contributed by atoms with van der Waals surface area (Å²) in [7, 11) is 1.58. The highest BCUT2D eigenvalue weighted by Gasteiger charge is 2.29. The molecule has 8 nitrogen and oxygen atoms in total. The number of nitrogens with zero attached hydrogens (tertiary/aromatic N) is 5. The number of aryl methyl sites for hydroxylation is 3. The van der Waals surface area contributed by atoms with Crippen LogP contribution in [0.5, 0.6) is 0 Å². The third-order valence-corrected chi connectivity index (χ3v) is 5.04. The van der Waals surface area contributed by atoms with Crippen LogP contribution >= 0.6 is 0 Å². The van der Waals surface area contributed by atoms with Gasteiger partial charge in [-0.2, -0.15) is 4.98 Å². The highest BCUT2D eigenvalue weighted by atomic mass is 16.2. The predicted octanol–water partition coefficient (Wildman–Crippen LogP) is 1.25. The number of benzene rings is 1. The molecule has 0 spiro atoms. The maximum Gasteiger partial charge on any atom is 0.332 e. The van der Waals surface area contributed by atoms with E-state index in [2.05, 4.69) is 28.1 Å². The number of ketones is 1. The first-order valence-electron chi connectivity index (χ1n) is 8.84. The van der Waals surface area contributed by atoms with Crippen LogP contribution in [-0.4, -0.2) is 31.0 Å². The van der Waals surface area contributed by atoms with Crippen LogP contribution < -0.4 is 16.1 Å². The molecule has 8 heteroatoms. The standard InChI is InChI=1S/C19H21N5O3/c1-11-5-6-12(2)14(9-11)22-7-8-23-15-16(20-18(22)23)21(4)19(27)24(17(15)26)10-13(3)25/h5-6,9H,7-8,10H2,1-4H3. The molecule has 1 aliphatic heterocycles. The SMILES string of the molecule is CC(=O)Cn1c(=O)c2c(nc3n2CCN3c2cc(C)ccc2C)n(C)c1=O. The molecule has 27 heavy (non-hydrogen) atoms. The Balaban J connectivity index is 1.98. The van der Waals surface area contributed by atoms with Crippen LogP contribution in [0.15, 0.2) is 27.8 Å². The molecule has 0 radical (unpaired) electrons. The number of Topliss-reactive ketones (excluding diaryl/α,β-unsaturated/α-hetero) is 1. The molecular weight excluding hydrogens is 346 g/mol. The topological polar surface area (TPSA) is 82.1 Å². The molecule has 0 amide bonds. The fourth-order valence-corrected chi connectivity index (χ4v) is 3.68. The van der Waals surface area contributed by atoms with E-state index in [9.17, 15) is 14.4 Å².